The highest BCUT2D eigenvalue weighted by atomic mass is 32.1. The molecule has 1 fully saturated rings. The molecule has 1 aromatic rings. The zero-order valence-corrected chi connectivity index (χ0v) is 15.2. The van der Waals surface area contributed by atoms with E-state index in [0.29, 0.717) is 6.67 Å². The van der Waals surface area contributed by atoms with Crippen LogP contribution in [0.4, 0.5) is 5.13 Å². The maximum absolute atomic E-state index is 12.1. The minimum Gasteiger partial charge on any atom is -0.356 e. The predicted octanol–water partition coefficient (Wildman–Crippen LogP) is 1.94. The van der Waals surface area contributed by atoms with Crippen LogP contribution >= 0.6 is 23.6 Å². The van der Waals surface area contributed by atoms with Crippen molar-refractivity contribution < 1.29 is 4.79 Å². The van der Waals surface area contributed by atoms with Crippen molar-refractivity contribution in [2.24, 2.45) is 5.92 Å². The van der Waals surface area contributed by atoms with Gasteiger partial charge < -0.3 is 10.2 Å². The van der Waals surface area contributed by atoms with Gasteiger partial charge >= 0.3 is 0 Å². The van der Waals surface area contributed by atoms with Crippen LogP contribution in [0, 0.1) is 9.87 Å². The average Bonchev–Trinajstić information content (AvgIpc) is 2.86. The van der Waals surface area contributed by atoms with E-state index in [2.05, 4.69) is 22.2 Å². The van der Waals surface area contributed by atoms with Crippen molar-refractivity contribution in [3.63, 3.8) is 0 Å². The van der Waals surface area contributed by atoms with Gasteiger partial charge in [0.25, 0.3) is 0 Å². The summed E-state index contributed by atoms with van der Waals surface area (Å²) in [7, 11) is 3.93. The number of aromatic nitrogens is 2. The number of carbonyl (C=O) groups excluding carboxylic acids is 1. The van der Waals surface area contributed by atoms with Gasteiger partial charge in [0, 0.05) is 27.2 Å². The molecule has 1 aliphatic rings. The molecular weight excluding hydrogens is 318 g/mol. The largest absolute Gasteiger partial charge is 0.356 e. The van der Waals surface area contributed by atoms with E-state index in [1.54, 1.807) is 0 Å². The highest BCUT2D eigenvalue weighted by Crippen LogP contribution is 2.20. The van der Waals surface area contributed by atoms with Crippen molar-refractivity contribution in [2.45, 2.75) is 32.9 Å². The summed E-state index contributed by atoms with van der Waals surface area (Å²) >= 11 is 6.90. The minimum absolute atomic E-state index is 0.0847. The second kappa shape index (κ2) is 8.03. The molecule has 1 unspecified atom stereocenters. The molecule has 6 nitrogen and oxygen atoms in total. The molecule has 2 heterocycles. The first-order valence-corrected chi connectivity index (χ1v) is 8.99. The Balaban J connectivity index is 1.95. The molecule has 1 atom stereocenters. The predicted molar refractivity (Wildman–Crippen MR) is 92.9 cm³/mol. The van der Waals surface area contributed by atoms with E-state index < -0.39 is 0 Å². The Bertz CT molecular complexity index is 554. The van der Waals surface area contributed by atoms with Crippen LogP contribution in [0.2, 0.25) is 0 Å². The summed E-state index contributed by atoms with van der Waals surface area (Å²) in [5, 5.41) is 8.46. The molecule has 1 aliphatic heterocycles. The summed E-state index contributed by atoms with van der Waals surface area (Å²) in [6.07, 6.45) is 2.99. The van der Waals surface area contributed by atoms with Crippen molar-refractivity contribution >= 4 is 34.6 Å². The molecule has 124 valence electrons. The first kappa shape index (κ1) is 17.4. The lowest BCUT2D eigenvalue weighted by atomic mass is 9.97. The lowest BCUT2D eigenvalue weighted by Crippen LogP contribution is -2.43. The van der Waals surface area contributed by atoms with Gasteiger partial charge in [-0.15, -0.1) is 5.10 Å². The minimum atomic E-state index is 0.0847. The number of hydrogen-bond donors (Lipinski definition) is 1. The zero-order chi connectivity index (χ0) is 16.1. The van der Waals surface area contributed by atoms with Crippen molar-refractivity contribution in [3.05, 3.63) is 3.95 Å². The topological polar surface area (TPSA) is 53.4 Å². The third-order valence-electron chi connectivity index (χ3n) is 3.74. The summed E-state index contributed by atoms with van der Waals surface area (Å²) < 4.78 is 2.64. The number of nitrogens with one attached hydrogen (secondary N) is 1. The Morgan fingerprint density at radius 3 is 2.95 bits per heavy atom. The van der Waals surface area contributed by atoms with Gasteiger partial charge in [0.15, 0.2) is 3.95 Å². The van der Waals surface area contributed by atoms with E-state index in [0.717, 1.165) is 48.0 Å². The summed E-state index contributed by atoms with van der Waals surface area (Å²) in [5.74, 6) is 0.267. The summed E-state index contributed by atoms with van der Waals surface area (Å²) in [4.78, 5) is 16.4. The van der Waals surface area contributed by atoms with E-state index in [1.807, 2.05) is 23.7 Å². The first-order chi connectivity index (χ1) is 10.5. The second-order valence-electron chi connectivity index (χ2n) is 5.89. The van der Waals surface area contributed by atoms with E-state index >= 15 is 0 Å². The van der Waals surface area contributed by atoms with Crippen LogP contribution < -0.4 is 10.2 Å². The summed E-state index contributed by atoms with van der Waals surface area (Å²) in [6.45, 7) is 5.28. The number of likely N-dealkylation sites (tertiary alicyclic amines) is 1. The maximum atomic E-state index is 12.1. The lowest BCUT2D eigenvalue weighted by molar-refractivity contribution is -0.126. The van der Waals surface area contributed by atoms with Gasteiger partial charge in [-0.1, -0.05) is 18.3 Å². The fraction of sp³-hybridized carbons (Fsp3) is 0.786. The summed E-state index contributed by atoms with van der Waals surface area (Å²) in [5.41, 5.74) is 0. The van der Waals surface area contributed by atoms with Gasteiger partial charge in [0.1, 0.15) is 0 Å². The highest BCUT2D eigenvalue weighted by molar-refractivity contribution is 7.73. The molecule has 0 aliphatic carbocycles. The number of amides is 1. The molecule has 22 heavy (non-hydrogen) atoms. The van der Waals surface area contributed by atoms with Gasteiger partial charge in [-0.05, 0) is 38.0 Å². The lowest BCUT2D eigenvalue weighted by Gasteiger charge is -2.31. The Morgan fingerprint density at radius 1 is 1.55 bits per heavy atom. The quantitative estimate of drug-likeness (QED) is 0.800. The number of rotatable bonds is 6. The fourth-order valence-corrected chi connectivity index (χ4v) is 3.55. The molecule has 0 saturated carbocycles. The van der Waals surface area contributed by atoms with Crippen molar-refractivity contribution in [1.29, 1.82) is 0 Å². The van der Waals surface area contributed by atoms with Crippen LogP contribution in [0.3, 0.4) is 0 Å². The molecule has 0 bridgehead atoms. The Labute approximate surface area is 141 Å². The maximum Gasteiger partial charge on any atom is 0.224 e. The fourth-order valence-electron chi connectivity index (χ4n) is 2.55. The zero-order valence-electron chi connectivity index (χ0n) is 13.5. The molecule has 8 heteroatoms. The standard InChI is InChI=1S/C14H25N5OS2/c1-4-7-15-12(20)11-6-5-8-18(9-11)10-19-14(21)22-13(16-19)17(2)3/h11H,4-10H2,1-3H3,(H,15,20). The highest BCUT2D eigenvalue weighted by Gasteiger charge is 2.26. The monoisotopic (exact) mass is 343 g/mol. The van der Waals surface area contributed by atoms with Crippen molar-refractivity contribution in [3.8, 4) is 0 Å². The smallest absolute Gasteiger partial charge is 0.224 e. The Morgan fingerprint density at radius 2 is 2.32 bits per heavy atom. The number of nitrogens with zero attached hydrogens (tertiary/aromatic N) is 4. The van der Waals surface area contributed by atoms with E-state index in [1.165, 1.54) is 11.3 Å². The van der Waals surface area contributed by atoms with Crippen LogP contribution in [0.1, 0.15) is 26.2 Å². The van der Waals surface area contributed by atoms with Crippen LogP contribution in [0.25, 0.3) is 0 Å². The molecule has 0 spiro atoms. The number of carbonyl (C=O) groups is 1. The van der Waals surface area contributed by atoms with Crippen LogP contribution in [-0.2, 0) is 11.5 Å². The number of piperidine rings is 1. The van der Waals surface area contributed by atoms with Crippen molar-refractivity contribution in [1.82, 2.24) is 20.0 Å². The average molecular weight is 344 g/mol. The van der Waals surface area contributed by atoms with Crippen LogP contribution in [-0.4, -0.2) is 54.3 Å². The Kier molecular flexibility index (Phi) is 6.34. The molecule has 1 aromatic heterocycles. The van der Waals surface area contributed by atoms with Gasteiger partial charge in [-0.3, -0.25) is 9.69 Å². The third kappa shape index (κ3) is 4.50. The van der Waals surface area contributed by atoms with Gasteiger partial charge in [0.05, 0.1) is 12.6 Å². The number of hydrogen-bond acceptors (Lipinski definition) is 6. The molecule has 1 N–H and O–H groups in total. The molecule has 1 saturated heterocycles. The summed E-state index contributed by atoms with van der Waals surface area (Å²) in [6, 6.07) is 0. The van der Waals surface area contributed by atoms with Crippen LogP contribution in [0.15, 0.2) is 0 Å². The molecular formula is C14H25N5OS2. The normalized spacial score (nSPS) is 19.1. The van der Waals surface area contributed by atoms with Crippen LogP contribution in [0.5, 0.6) is 0 Å². The SMILES string of the molecule is CCCNC(=O)C1CCCN(Cn2nc(N(C)C)sc2=S)C1. The second-order valence-corrected chi connectivity index (χ2v) is 7.49. The Hall–Kier alpha value is -0.990. The molecule has 0 aromatic carbocycles. The molecule has 0 radical (unpaired) electrons. The van der Waals surface area contributed by atoms with Gasteiger partial charge in [-0.25, -0.2) is 4.68 Å². The van der Waals surface area contributed by atoms with E-state index in [4.69, 9.17) is 12.2 Å². The van der Waals surface area contributed by atoms with Crippen molar-refractivity contribution in [2.75, 3.05) is 38.6 Å². The van der Waals surface area contributed by atoms with Gasteiger partial charge in [0.2, 0.25) is 11.0 Å². The van der Waals surface area contributed by atoms with E-state index in [-0.39, 0.29) is 11.8 Å². The third-order valence-corrected chi connectivity index (χ3v) is 5.21. The van der Waals surface area contributed by atoms with Gasteiger partial charge in [-0.2, -0.15) is 0 Å². The number of anilines is 1. The van der Waals surface area contributed by atoms with E-state index in [9.17, 15) is 4.79 Å². The first-order valence-electron chi connectivity index (χ1n) is 7.76. The molecule has 1 amide bonds. The molecule has 2 rings (SSSR count).